The molecule has 0 aliphatic carbocycles. The zero-order chi connectivity index (χ0) is 15.1. The van der Waals surface area contributed by atoms with Crippen molar-refractivity contribution in [3.05, 3.63) is 41.7 Å². The van der Waals surface area contributed by atoms with E-state index in [0.717, 1.165) is 42.3 Å². The molecule has 0 saturated heterocycles. The number of benzene rings is 1. The number of aromatic nitrogens is 2. The van der Waals surface area contributed by atoms with Crippen LogP contribution in [0.3, 0.4) is 0 Å². The molecule has 0 atom stereocenters. The molecule has 21 heavy (non-hydrogen) atoms. The molecule has 5 heteroatoms. The van der Waals surface area contributed by atoms with Gasteiger partial charge in [0.25, 0.3) is 0 Å². The van der Waals surface area contributed by atoms with Gasteiger partial charge >= 0.3 is 0 Å². The molecule has 0 bridgehead atoms. The summed E-state index contributed by atoms with van der Waals surface area (Å²) < 4.78 is 13.3. The number of ether oxygens (including phenoxy) is 2. The summed E-state index contributed by atoms with van der Waals surface area (Å²) >= 11 is 0. The molecular weight excluding hydrogens is 266 g/mol. The molecule has 2 aromatic rings. The molecule has 114 valence electrons. The largest absolute Gasteiger partial charge is 0.493 e. The lowest BCUT2D eigenvalue weighted by Gasteiger charge is -2.14. The average molecular weight is 289 g/mol. The Kier molecular flexibility index (Phi) is 5.63. The van der Waals surface area contributed by atoms with Gasteiger partial charge in [0.15, 0.2) is 11.5 Å². The van der Waals surface area contributed by atoms with Gasteiger partial charge in [0.1, 0.15) is 6.61 Å². The lowest BCUT2D eigenvalue weighted by atomic mass is 10.2. The van der Waals surface area contributed by atoms with E-state index in [9.17, 15) is 0 Å². The predicted molar refractivity (Wildman–Crippen MR) is 82.6 cm³/mol. The number of hydrogen-bond donors (Lipinski definition) is 1. The molecule has 0 spiro atoms. The highest BCUT2D eigenvalue weighted by atomic mass is 16.5. The van der Waals surface area contributed by atoms with E-state index in [2.05, 4.69) is 30.3 Å². The number of nitrogens with one attached hydrogen (secondary N) is 1. The highest BCUT2D eigenvalue weighted by Crippen LogP contribution is 2.31. The van der Waals surface area contributed by atoms with E-state index in [1.807, 2.05) is 29.2 Å². The third kappa shape index (κ3) is 3.98. The van der Waals surface area contributed by atoms with Crippen LogP contribution in [0.2, 0.25) is 0 Å². The van der Waals surface area contributed by atoms with E-state index in [4.69, 9.17) is 9.47 Å². The fraction of sp³-hybridized carbons (Fsp3) is 0.438. The van der Waals surface area contributed by atoms with Gasteiger partial charge in [0.2, 0.25) is 0 Å². The van der Waals surface area contributed by atoms with Crippen molar-refractivity contribution >= 4 is 0 Å². The quantitative estimate of drug-likeness (QED) is 0.811. The molecule has 1 N–H and O–H groups in total. The lowest BCUT2D eigenvalue weighted by Crippen LogP contribution is -2.13. The van der Waals surface area contributed by atoms with Crippen LogP contribution >= 0.6 is 0 Å². The molecule has 1 aromatic heterocycles. The Labute approximate surface area is 125 Å². The van der Waals surface area contributed by atoms with Crippen molar-refractivity contribution in [3.8, 4) is 11.5 Å². The maximum atomic E-state index is 5.98. The van der Waals surface area contributed by atoms with Gasteiger partial charge < -0.3 is 14.8 Å². The third-order valence-electron chi connectivity index (χ3n) is 3.24. The standard InChI is InChI=1S/C16H23N3O2/c1-4-17-10-14-7-6-8-15(20-3)16(14)21-12-13-9-18-19(5-2)11-13/h6-9,11,17H,4-5,10,12H2,1-3H3. The average Bonchev–Trinajstić information content (AvgIpc) is 2.99. The van der Waals surface area contributed by atoms with Gasteiger partial charge in [-0.2, -0.15) is 5.10 Å². The van der Waals surface area contributed by atoms with Crippen LogP contribution in [-0.4, -0.2) is 23.4 Å². The first-order chi connectivity index (χ1) is 10.3. The summed E-state index contributed by atoms with van der Waals surface area (Å²) in [5, 5.41) is 7.57. The Morgan fingerprint density at radius 1 is 1.29 bits per heavy atom. The van der Waals surface area contributed by atoms with E-state index in [1.165, 1.54) is 0 Å². The number of aryl methyl sites for hydroxylation is 1. The van der Waals surface area contributed by atoms with Gasteiger partial charge in [0.05, 0.1) is 13.3 Å². The highest BCUT2D eigenvalue weighted by Gasteiger charge is 2.11. The minimum Gasteiger partial charge on any atom is -0.493 e. The van der Waals surface area contributed by atoms with Crippen molar-refractivity contribution < 1.29 is 9.47 Å². The van der Waals surface area contributed by atoms with Crippen LogP contribution < -0.4 is 14.8 Å². The molecule has 2 rings (SSSR count). The zero-order valence-corrected chi connectivity index (χ0v) is 12.9. The zero-order valence-electron chi connectivity index (χ0n) is 12.9. The van der Waals surface area contributed by atoms with Crippen molar-refractivity contribution in [3.63, 3.8) is 0 Å². The Balaban J connectivity index is 2.12. The topological polar surface area (TPSA) is 48.3 Å². The van der Waals surface area contributed by atoms with Crippen LogP contribution in [0.25, 0.3) is 0 Å². The van der Waals surface area contributed by atoms with Gasteiger partial charge in [-0.15, -0.1) is 0 Å². The maximum absolute atomic E-state index is 5.98. The summed E-state index contributed by atoms with van der Waals surface area (Å²) in [6.45, 7) is 7.17. The molecule has 0 unspecified atom stereocenters. The van der Waals surface area contributed by atoms with E-state index in [-0.39, 0.29) is 0 Å². The van der Waals surface area contributed by atoms with Crippen molar-refractivity contribution in [2.75, 3.05) is 13.7 Å². The van der Waals surface area contributed by atoms with Crippen LogP contribution in [0.4, 0.5) is 0 Å². The van der Waals surface area contributed by atoms with Gasteiger partial charge in [-0.25, -0.2) is 0 Å². The van der Waals surface area contributed by atoms with E-state index in [1.54, 1.807) is 7.11 Å². The van der Waals surface area contributed by atoms with Crippen LogP contribution in [0, 0.1) is 0 Å². The van der Waals surface area contributed by atoms with Crippen molar-refractivity contribution in [2.45, 2.75) is 33.5 Å². The normalized spacial score (nSPS) is 10.6. The maximum Gasteiger partial charge on any atom is 0.166 e. The van der Waals surface area contributed by atoms with Crippen molar-refractivity contribution in [1.29, 1.82) is 0 Å². The molecule has 0 amide bonds. The summed E-state index contributed by atoms with van der Waals surface area (Å²) in [5.41, 5.74) is 2.15. The summed E-state index contributed by atoms with van der Waals surface area (Å²) in [6, 6.07) is 5.95. The highest BCUT2D eigenvalue weighted by molar-refractivity contribution is 5.46. The number of methoxy groups -OCH3 is 1. The first-order valence-electron chi connectivity index (χ1n) is 7.29. The monoisotopic (exact) mass is 289 g/mol. The van der Waals surface area contributed by atoms with E-state index >= 15 is 0 Å². The second-order valence-electron chi connectivity index (χ2n) is 4.72. The van der Waals surface area contributed by atoms with E-state index < -0.39 is 0 Å². The van der Waals surface area contributed by atoms with Crippen LogP contribution in [0.5, 0.6) is 11.5 Å². The number of hydrogen-bond acceptors (Lipinski definition) is 4. The predicted octanol–water partition coefficient (Wildman–Crippen LogP) is 2.60. The van der Waals surface area contributed by atoms with Gasteiger partial charge in [-0.3, -0.25) is 4.68 Å². The minimum atomic E-state index is 0.486. The number of nitrogens with zero attached hydrogens (tertiary/aromatic N) is 2. The second kappa shape index (κ2) is 7.69. The Morgan fingerprint density at radius 2 is 2.14 bits per heavy atom. The lowest BCUT2D eigenvalue weighted by molar-refractivity contribution is 0.280. The Hall–Kier alpha value is -2.01. The number of para-hydroxylation sites is 1. The van der Waals surface area contributed by atoms with Crippen LogP contribution in [0.1, 0.15) is 25.0 Å². The molecule has 0 aliphatic rings. The minimum absolute atomic E-state index is 0.486. The summed E-state index contributed by atoms with van der Waals surface area (Å²) in [5.74, 6) is 1.55. The first-order valence-corrected chi connectivity index (χ1v) is 7.29. The van der Waals surface area contributed by atoms with Gasteiger partial charge in [-0.05, 0) is 19.5 Å². The van der Waals surface area contributed by atoms with Crippen molar-refractivity contribution in [2.24, 2.45) is 0 Å². The second-order valence-corrected chi connectivity index (χ2v) is 4.72. The van der Waals surface area contributed by atoms with Gasteiger partial charge in [0, 0.05) is 30.4 Å². The number of rotatable bonds is 8. The molecular formula is C16H23N3O2. The van der Waals surface area contributed by atoms with E-state index in [0.29, 0.717) is 6.61 Å². The van der Waals surface area contributed by atoms with Crippen LogP contribution in [0.15, 0.2) is 30.6 Å². The van der Waals surface area contributed by atoms with Crippen LogP contribution in [-0.2, 0) is 19.7 Å². The fourth-order valence-electron chi connectivity index (χ4n) is 2.09. The summed E-state index contributed by atoms with van der Waals surface area (Å²) in [4.78, 5) is 0. The first kappa shape index (κ1) is 15.4. The third-order valence-corrected chi connectivity index (χ3v) is 3.24. The van der Waals surface area contributed by atoms with Gasteiger partial charge in [-0.1, -0.05) is 19.1 Å². The SMILES string of the molecule is CCNCc1cccc(OC)c1OCc1cnn(CC)c1. The smallest absolute Gasteiger partial charge is 0.166 e. The molecule has 5 nitrogen and oxygen atoms in total. The summed E-state index contributed by atoms with van der Waals surface area (Å²) in [7, 11) is 1.66. The molecule has 0 aliphatic heterocycles. The molecule has 1 aromatic carbocycles. The molecule has 0 radical (unpaired) electrons. The fourth-order valence-corrected chi connectivity index (χ4v) is 2.09. The summed E-state index contributed by atoms with van der Waals surface area (Å²) in [6.07, 6.45) is 3.84. The van der Waals surface area contributed by atoms with Crippen molar-refractivity contribution in [1.82, 2.24) is 15.1 Å². The Morgan fingerprint density at radius 3 is 2.81 bits per heavy atom. The molecule has 0 saturated carbocycles. The molecule has 1 heterocycles. The molecule has 0 fully saturated rings. The Bertz CT molecular complexity index is 566.